The Morgan fingerprint density at radius 2 is 2.50 bits per heavy atom. The van der Waals surface area contributed by atoms with E-state index in [4.69, 9.17) is 0 Å². The zero-order chi connectivity index (χ0) is 10.1. The summed E-state index contributed by atoms with van der Waals surface area (Å²) < 4.78 is 0.902. The van der Waals surface area contributed by atoms with Crippen molar-refractivity contribution in [3.05, 3.63) is 12.2 Å². The molecule has 2 aliphatic heterocycles. The third kappa shape index (κ3) is 1.66. The van der Waals surface area contributed by atoms with E-state index in [1.807, 2.05) is 12.2 Å². The van der Waals surface area contributed by atoms with Gasteiger partial charge in [0, 0.05) is 7.05 Å². The van der Waals surface area contributed by atoms with Gasteiger partial charge in [-0.05, 0) is 34.7 Å². The lowest BCUT2D eigenvalue weighted by molar-refractivity contribution is -0.121. The zero-order valence-corrected chi connectivity index (χ0v) is 9.72. The van der Waals surface area contributed by atoms with Crippen molar-refractivity contribution in [1.82, 2.24) is 10.3 Å². The van der Waals surface area contributed by atoms with Crippen molar-refractivity contribution < 1.29 is 4.79 Å². The minimum atomic E-state index is -0.328. The first-order valence-corrected chi connectivity index (χ1v) is 5.27. The Kier molecular flexibility index (Phi) is 2.53. The summed E-state index contributed by atoms with van der Waals surface area (Å²) in [6, 6.07) is -0.328. The molecule has 6 heteroatoms. The van der Waals surface area contributed by atoms with Gasteiger partial charge in [-0.2, -0.15) is 5.10 Å². The number of nitrogens with zero attached hydrogens (tertiary/aromatic N) is 3. The van der Waals surface area contributed by atoms with Crippen molar-refractivity contribution in [1.29, 1.82) is 0 Å². The number of allylic oxidation sites excluding steroid dienone is 1. The van der Waals surface area contributed by atoms with E-state index in [0.717, 1.165) is 9.55 Å². The molecule has 0 bridgehead atoms. The van der Waals surface area contributed by atoms with Gasteiger partial charge in [-0.1, -0.05) is 0 Å². The molecule has 1 atom stereocenters. The summed E-state index contributed by atoms with van der Waals surface area (Å²) in [6.07, 6.45) is 3.75. The Bertz CT molecular complexity index is 360. The number of amides is 1. The minimum Gasteiger partial charge on any atom is -0.357 e. The number of hydrogen-bond acceptors (Lipinski definition) is 4. The number of nitrogens with one attached hydrogen (secondary N) is 1. The molecule has 0 aromatic rings. The van der Waals surface area contributed by atoms with Gasteiger partial charge in [-0.15, -0.1) is 0 Å². The van der Waals surface area contributed by atoms with Crippen LogP contribution in [0.3, 0.4) is 0 Å². The molecule has 5 nitrogen and oxygen atoms in total. The van der Waals surface area contributed by atoms with Gasteiger partial charge in [0.2, 0.25) is 5.91 Å². The van der Waals surface area contributed by atoms with Crippen LogP contribution in [0.4, 0.5) is 0 Å². The van der Waals surface area contributed by atoms with Crippen LogP contribution in [0.1, 0.15) is 0 Å². The van der Waals surface area contributed by atoms with Gasteiger partial charge < -0.3 is 5.32 Å². The average molecular weight is 304 g/mol. The Morgan fingerprint density at radius 1 is 1.71 bits per heavy atom. The van der Waals surface area contributed by atoms with Crippen molar-refractivity contribution in [2.24, 2.45) is 10.1 Å². The predicted molar refractivity (Wildman–Crippen MR) is 62.6 cm³/mol. The number of fused-ring (bicyclic) bond motifs is 1. The van der Waals surface area contributed by atoms with Crippen LogP contribution in [0, 0.1) is 0 Å². The smallest absolute Gasteiger partial charge is 0.246 e. The second-order valence-electron chi connectivity index (χ2n) is 2.96. The van der Waals surface area contributed by atoms with Crippen LogP contribution >= 0.6 is 22.6 Å². The van der Waals surface area contributed by atoms with E-state index < -0.39 is 0 Å². The van der Waals surface area contributed by atoms with Crippen molar-refractivity contribution >= 4 is 38.1 Å². The van der Waals surface area contributed by atoms with E-state index in [-0.39, 0.29) is 11.9 Å². The third-order valence-corrected chi connectivity index (χ3v) is 2.61. The summed E-state index contributed by atoms with van der Waals surface area (Å²) in [4.78, 5) is 15.6. The predicted octanol–water partition coefficient (Wildman–Crippen LogP) is 0.133. The third-order valence-electron chi connectivity index (χ3n) is 2.03. The quantitative estimate of drug-likeness (QED) is 0.700. The topological polar surface area (TPSA) is 57.1 Å². The first-order chi connectivity index (χ1) is 6.70. The first-order valence-electron chi connectivity index (χ1n) is 4.20. The molecule has 2 rings (SSSR count). The molecular weight excluding hydrogens is 295 g/mol. The molecule has 0 aromatic carbocycles. The number of halogens is 1. The van der Waals surface area contributed by atoms with E-state index in [1.54, 1.807) is 12.1 Å². The maximum Gasteiger partial charge on any atom is 0.246 e. The second-order valence-corrected chi connectivity index (χ2v) is 4.06. The Labute approximate surface area is 95.1 Å². The fourth-order valence-corrected chi connectivity index (χ4v) is 1.79. The van der Waals surface area contributed by atoms with Crippen LogP contribution in [0.15, 0.2) is 22.2 Å². The first kappa shape index (κ1) is 9.63. The highest BCUT2D eigenvalue weighted by atomic mass is 127. The number of carbonyl (C=O) groups excluding carboxylic acids is 1. The summed E-state index contributed by atoms with van der Waals surface area (Å²) in [6.45, 7) is 0.534. The van der Waals surface area contributed by atoms with Gasteiger partial charge in [-0.25, -0.2) is 5.01 Å². The molecule has 0 aliphatic carbocycles. The van der Waals surface area contributed by atoms with E-state index in [9.17, 15) is 4.79 Å². The largest absolute Gasteiger partial charge is 0.357 e. The van der Waals surface area contributed by atoms with Crippen LogP contribution in [0.25, 0.3) is 0 Å². The van der Waals surface area contributed by atoms with E-state index in [0.29, 0.717) is 6.54 Å². The van der Waals surface area contributed by atoms with Crippen LogP contribution in [-0.2, 0) is 4.79 Å². The summed E-state index contributed by atoms with van der Waals surface area (Å²) in [5.74, 6) is 0.699. The van der Waals surface area contributed by atoms with Gasteiger partial charge in [0.25, 0.3) is 0 Å². The number of rotatable bonds is 1. The fourth-order valence-electron chi connectivity index (χ4n) is 1.35. The molecule has 0 radical (unpaired) electrons. The highest BCUT2D eigenvalue weighted by molar-refractivity contribution is 14.1. The van der Waals surface area contributed by atoms with Gasteiger partial charge >= 0.3 is 0 Å². The molecule has 74 valence electrons. The summed E-state index contributed by atoms with van der Waals surface area (Å²) in [5.41, 5.74) is 0. The molecule has 1 unspecified atom stereocenters. The number of hydrazone groups is 1. The molecule has 2 heterocycles. The summed E-state index contributed by atoms with van der Waals surface area (Å²) in [5, 5.41) is 8.58. The lowest BCUT2D eigenvalue weighted by Crippen LogP contribution is -2.34. The molecule has 0 saturated heterocycles. The fraction of sp³-hybridized carbons (Fsp3) is 0.375. The Morgan fingerprint density at radius 3 is 3.21 bits per heavy atom. The standard InChI is InChI=1S/C8H9IN4O/c1-10-8(14)5-4-13-7(11-5)3-2-6(9)12-13/h2-3,5H,4H2,1H3,(H,10,14). The maximum atomic E-state index is 11.3. The van der Waals surface area contributed by atoms with Crippen LogP contribution in [0.2, 0.25) is 0 Å². The second kappa shape index (κ2) is 3.68. The Hall–Kier alpha value is -0.920. The van der Waals surface area contributed by atoms with Crippen LogP contribution in [0.5, 0.6) is 0 Å². The van der Waals surface area contributed by atoms with Gasteiger partial charge in [0.05, 0.1) is 6.54 Å². The number of hydrogen-bond donors (Lipinski definition) is 1. The zero-order valence-electron chi connectivity index (χ0n) is 7.57. The SMILES string of the molecule is CNC(=O)C1CN2N=C(I)C=CC2=N1. The molecule has 1 N–H and O–H groups in total. The minimum absolute atomic E-state index is 0.0643. The number of carbonyl (C=O) groups is 1. The molecule has 2 aliphatic rings. The van der Waals surface area contributed by atoms with Crippen molar-refractivity contribution in [2.45, 2.75) is 6.04 Å². The van der Waals surface area contributed by atoms with Crippen LogP contribution < -0.4 is 5.32 Å². The van der Waals surface area contributed by atoms with Crippen molar-refractivity contribution in [3.63, 3.8) is 0 Å². The van der Waals surface area contributed by atoms with Gasteiger partial charge in [0.15, 0.2) is 6.04 Å². The highest BCUT2D eigenvalue weighted by Crippen LogP contribution is 2.15. The van der Waals surface area contributed by atoms with E-state index in [2.05, 4.69) is 38.0 Å². The molecule has 0 saturated carbocycles. The molecule has 14 heavy (non-hydrogen) atoms. The van der Waals surface area contributed by atoms with Gasteiger partial charge in [0.1, 0.15) is 9.55 Å². The average Bonchev–Trinajstić information content (AvgIpc) is 2.59. The number of aliphatic imine (C=N–C) groups is 1. The molecule has 0 aromatic heterocycles. The number of likely N-dealkylation sites (N-methyl/N-ethyl adjacent to an activating group) is 1. The van der Waals surface area contributed by atoms with Gasteiger partial charge in [-0.3, -0.25) is 9.79 Å². The maximum absolute atomic E-state index is 11.3. The normalized spacial score (nSPS) is 24.1. The highest BCUT2D eigenvalue weighted by Gasteiger charge is 2.29. The lowest BCUT2D eigenvalue weighted by Gasteiger charge is -2.15. The Balaban J connectivity index is 2.17. The van der Waals surface area contributed by atoms with Crippen molar-refractivity contribution in [2.75, 3.05) is 13.6 Å². The lowest BCUT2D eigenvalue weighted by atomic mass is 10.3. The monoisotopic (exact) mass is 304 g/mol. The molecule has 1 amide bonds. The summed E-state index contributed by atoms with van der Waals surface area (Å²) in [7, 11) is 1.61. The number of amidine groups is 1. The molecule has 0 spiro atoms. The van der Waals surface area contributed by atoms with E-state index in [1.165, 1.54) is 0 Å². The summed E-state index contributed by atoms with van der Waals surface area (Å²) >= 11 is 2.13. The molecular formula is C8H9IN4O. The van der Waals surface area contributed by atoms with E-state index >= 15 is 0 Å². The van der Waals surface area contributed by atoms with Crippen molar-refractivity contribution in [3.8, 4) is 0 Å². The molecule has 0 fully saturated rings. The van der Waals surface area contributed by atoms with Crippen LogP contribution in [-0.4, -0.2) is 40.1 Å².